The summed E-state index contributed by atoms with van der Waals surface area (Å²) in [4.78, 5) is 2.34. The van der Waals surface area contributed by atoms with Crippen LogP contribution < -0.4 is 0 Å². The maximum atomic E-state index is 13.9. The minimum absolute atomic E-state index is 0.222. The second-order valence-corrected chi connectivity index (χ2v) is 7.95. The molecule has 0 aromatic heterocycles. The molecule has 3 aliphatic rings. The van der Waals surface area contributed by atoms with Crippen molar-refractivity contribution in [3.8, 4) is 0 Å². The molecule has 25 heavy (non-hydrogen) atoms. The van der Waals surface area contributed by atoms with Crippen molar-refractivity contribution in [3.05, 3.63) is 34.9 Å². The number of likely N-dealkylation sites (tertiary alicyclic amines) is 1. The summed E-state index contributed by atoms with van der Waals surface area (Å²) in [7, 11) is 2.10. The van der Waals surface area contributed by atoms with Gasteiger partial charge in [0.1, 0.15) is 0 Å². The van der Waals surface area contributed by atoms with Crippen LogP contribution in [-0.2, 0) is 17.8 Å². The van der Waals surface area contributed by atoms with E-state index in [2.05, 4.69) is 11.9 Å². The quantitative estimate of drug-likeness (QED) is 0.636. The molecule has 2 fully saturated rings. The van der Waals surface area contributed by atoms with Gasteiger partial charge in [-0.15, -0.1) is 0 Å². The minimum atomic E-state index is -5.56. The molecule has 0 radical (unpaired) electrons. The lowest BCUT2D eigenvalue weighted by Gasteiger charge is -2.58. The van der Waals surface area contributed by atoms with Crippen LogP contribution in [0.2, 0.25) is 0 Å². The summed E-state index contributed by atoms with van der Waals surface area (Å²) in [5.41, 5.74) is 0.593. The number of rotatable bonds is 1. The van der Waals surface area contributed by atoms with Crippen molar-refractivity contribution in [2.75, 3.05) is 13.6 Å². The Balaban J connectivity index is 1.85. The Labute approximate surface area is 144 Å². The molecule has 1 aliphatic heterocycles. The standard InChI is InChI=1S/C19H22F5N/c1-25-9-8-17-7-3-2-4-14(17)16(25)10-12-5-6-13(11-15(12)17)18(20,21)19(22,23)24/h5-6,11,14,16H,2-4,7-10H2,1H3/t14-,16+,17+/m1/s1. The van der Waals surface area contributed by atoms with Gasteiger partial charge in [0.25, 0.3) is 0 Å². The van der Waals surface area contributed by atoms with Crippen molar-refractivity contribution >= 4 is 0 Å². The average molecular weight is 359 g/mol. The molecule has 0 N–H and O–H groups in total. The summed E-state index contributed by atoms with van der Waals surface area (Å²) in [6.07, 6.45) is 0.102. The molecule has 1 nitrogen and oxygen atoms in total. The van der Waals surface area contributed by atoms with Crippen LogP contribution >= 0.6 is 0 Å². The van der Waals surface area contributed by atoms with Crippen LogP contribution in [0.5, 0.6) is 0 Å². The van der Waals surface area contributed by atoms with E-state index in [1.807, 2.05) is 0 Å². The Kier molecular flexibility index (Phi) is 3.74. The molecule has 3 atom stereocenters. The number of fused-ring (bicyclic) bond motifs is 1. The summed E-state index contributed by atoms with van der Waals surface area (Å²) in [6.45, 7) is 0.875. The highest BCUT2D eigenvalue weighted by Gasteiger charge is 2.60. The molecule has 1 aromatic carbocycles. The third-order valence-electron chi connectivity index (χ3n) is 6.83. The first kappa shape index (κ1) is 17.3. The van der Waals surface area contributed by atoms with Gasteiger partial charge in [-0.2, -0.15) is 22.0 Å². The third-order valence-corrected chi connectivity index (χ3v) is 6.83. The second kappa shape index (κ2) is 5.41. The van der Waals surface area contributed by atoms with E-state index in [9.17, 15) is 22.0 Å². The zero-order valence-corrected chi connectivity index (χ0v) is 14.2. The van der Waals surface area contributed by atoms with Crippen LogP contribution in [0.15, 0.2) is 18.2 Å². The predicted octanol–water partition coefficient (Wildman–Crippen LogP) is 5.03. The van der Waals surface area contributed by atoms with Gasteiger partial charge in [0.05, 0.1) is 0 Å². The van der Waals surface area contributed by atoms with Gasteiger partial charge in [-0.1, -0.05) is 25.0 Å². The Hall–Kier alpha value is -1.17. The smallest absolute Gasteiger partial charge is 0.303 e. The molecule has 2 aliphatic carbocycles. The highest BCUT2D eigenvalue weighted by Crippen LogP contribution is 2.56. The summed E-state index contributed by atoms with van der Waals surface area (Å²) >= 11 is 0. The summed E-state index contributed by atoms with van der Waals surface area (Å²) < 4.78 is 66.3. The van der Waals surface area contributed by atoms with E-state index in [0.29, 0.717) is 12.0 Å². The second-order valence-electron chi connectivity index (χ2n) is 7.95. The van der Waals surface area contributed by atoms with Crippen molar-refractivity contribution in [1.29, 1.82) is 0 Å². The van der Waals surface area contributed by atoms with Crippen molar-refractivity contribution in [1.82, 2.24) is 4.90 Å². The summed E-state index contributed by atoms with van der Waals surface area (Å²) in [6, 6.07) is 4.05. The Morgan fingerprint density at radius 1 is 1.08 bits per heavy atom. The Bertz CT molecular complexity index is 683. The number of hydrogen-bond donors (Lipinski definition) is 0. The number of likely N-dealkylation sites (N-methyl/N-ethyl adjacent to an activating group) is 1. The van der Waals surface area contributed by atoms with Crippen molar-refractivity contribution in [2.24, 2.45) is 5.92 Å². The highest BCUT2D eigenvalue weighted by molar-refractivity contribution is 5.45. The zero-order valence-electron chi connectivity index (χ0n) is 14.2. The summed E-state index contributed by atoms with van der Waals surface area (Å²) in [5, 5.41) is 0. The van der Waals surface area contributed by atoms with E-state index in [4.69, 9.17) is 0 Å². The van der Waals surface area contributed by atoms with Gasteiger partial charge in [-0.05, 0) is 62.4 Å². The maximum absolute atomic E-state index is 13.9. The molecule has 0 amide bonds. The fourth-order valence-electron chi connectivity index (χ4n) is 5.56. The molecule has 0 unspecified atom stereocenters. The fourth-order valence-corrected chi connectivity index (χ4v) is 5.56. The van der Waals surface area contributed by atoms with Gasteiger partial charge in [0.15, 0.2) is 0 Å². The lowest BCUT2D eigenvalue weighted by Crippen LogP contribution is -2.59. The molecular formula is C19H22F5N. The molecule has 4 rings (SSSR count). The highest BCUT2D eigenvalue weighted by atomic mass is 19.4. The monoisotopic (exact) mass is 359 g/mol. The van der Waals surface area contributed by atoms with E-state index in [0.717, 1.165) is 62.3 Å². The van der Waals surface area contributed by atoms with Crippen LogP contribution in [0.4, 0.5) is 22.0 Å². The molecule has 0 spiro atoms. The number of hydrogen-bond acceptors (Lipinski definition) is 1. The lowest BCUT2D eigenvalue weighted by atomic mass is 9.52. The topological polar surface area (TPSA) is 3.24 Å². The molecule has 138 valence electrons. The van der Waals surface area contributed by atoms with Gasteiger partial charge >= 0.3 is 12.1 Å². The minimum Gasteiger partial charge on any atom is -0.303 e. The van der Waals surface area contributed by atoms with Crippen LogP contribution in [0, 0.1) is 5.92 Å². The number of halogens is 5. The number of alkyl halides is 5. The van der Waals surface area contributed by atoms with Gasteiger partial charge in [-0.3, -0.25) is 0 Å². The lowest BCUT2D eigenvalue weighted by molar-refractivity contribution is -0.289. The van der Waals surface area contributed by atoms with Crippen LogP contribution in [0.1, 0.15) is 48.8 Å². The van der Waals surface area contributed by atoms with Gasteiger partial charge in [0.2, 0.25) is 0 Å². The molecule has 1 saturated carbocycles. The van der Waals surface area contributed by atoms with Gasteiger partial charge in [-0.25, -0.2) is 0 Å². The number of benzene rings is 1. The van der Waals surface area contributed by atoms with E-state index < -0.39 is 17.7 Å². The molecular weight excluding hydrogens is 337 g/mol. The Morgan fingerprint density at radius 3 is 2.56 bits per heavy atom. The van der Waals surface area contributed by atoms with E-state index >= 15 is 0 Å². The molecule has 2 bridgehead atoms. The van der Waals surface area contributed by atoms with Crippen molar-refractivity contribution in [2.45, 2.75) is 62.1 Å². The van der Waals surface area contributed by atoms with Crippen molar-refractivity contribution in [3.63, 3.8) is 0 Å². The van der Waals surface area contributed by atoms with E-state index in [-0.39, 0.29) is 5.41 Å². The molecule has 1 heterocycles. The zero-order chi connectivity index (χ0) is 18.0. The molecule has 6 heteroatoms. The maximum Gasteiger partial charge on any atom is 0.458 e. The van der Waals surface area contributed by atoms with Gasteiger partial charge in [0, 0.05) is 17.0 Å². The number of nitrogens with zero attached hydrogens (tertiary/aromatic N) is 1. The first-order chi connectivity index (χ1) is 11.7. The van der Waals surface area contributed by atoms with Gasteiger partial charge < -0.3 is 4.90 Å². The van der Waals surface area contributed by atoms with Crippen molar-refractivity contribution < 1.29 is 22.0 Å². The average Bonchev–Trinajstić information content (AvgIpc) is 2.56. The first-order valence-corrected chi connectivity index (χ1v) is 8.95. The Morgan fingerprint density at radius 2 is 1.84 bits per heavy atom. The van der Waals surface area contributed by atoms with E-state index in [1.165, 1.54) is 12.1 Å². The molecule has 1 aromatic rings. The molecule has 1 saturated heterocycles. The van der Waals surface area contributed by atoms with E-state index in [1.54, 1.807) is 0 Å². The predicted molar refractivity (Wildman–Crippen MR) is 84.8 cm³/mol. The number of piperidine rings is 1. The first-order valence-electron chi connectivity index (χ1n) is 8.95. The normalized spacial score (nSPS) is 32.9. The SMILES string of the molecule is CN1CC[C@@]23CCCC[C@@H]2[C@@H]1Cc1ccc(C(F)(F)C(F)(F)F)cc13. The van der Waals surface area contributed by atoms with Crippen LogP contribution in [0.25, 0.3) is 0 Å². The fraction of sp³-hybridized carbons (Fsp3) is 0.684. The largest absolute Gasteiger partial charge is 0.458 e. The van der Waals surface area contributed by atoms with Crippen LogP contribution in [0.3, 0.4) is 0 Å². The summed E-state index contributed by atoms with van der Waals surface area (Å²) in [5.74, 6) is -4.44. The van der Waals surface area contributed by atoms with Crippen LogP contribution in [-0.4, -0.2) is 30.7 Å². The third kappa shape index (κ3) is 2.36.